The van der Waals surface area contributed by atoms with Crippen LogP contribution in [0.25, 0.3) is 16.3 Å². The van der Waals surface area contributed by atoms with Crippen LogP contribution in [-0.2, 0) is 4.79 Å². The van der Waals surface area contributed by atoms with Crippen LogP contribution in [0.1, 0.15) is 15.4 Å². The van der Waals surface area contributed by atoms with Gasteiger partial charge >= 0.3 is 0 Å². The molecule has 3 rings (SSSR count). The lowest BCUT2D eigenvalue weighted by Crippen LogP contribution is -2.22. The third-order valence-corrected chi connectivity index (χ3v) is 4.80. The number of hydrogen-bond acceptors (Lipinski definition) is 5. The van der Waals surface area contributed by atoms with Crippen molar-refractivity contribution in [3.05, 3.63) is 59.1 Å². The van der Waals surface area contributed by atoms with Gasteiger partial charge in [0.05, 0.1) is 23.0 Å². The van der Waals surface area contributed by atoms with Crippen molar-refractivity contribution in [3.63, 3.8) is 0 Å². The molecule has 0 saturated carbocycles. The minimum atomic E-state index is -0.331. The monoisotopic (exact) mass is 381 g/mol. The molecule has 3 aromatic rings. The molecule has 138 valence electrons. The molecule has 6 nitrogen and oxygen atoms in total. The zero-order valence-corrected chi connectivity index (χ0v) is 16.0. The van der Waals surface area contributed by atoms with Crippen molar-refractivity contribution in [2.24, 2.45) is 0 Å². The zero-order chi connectivity index (χ0) is 19.4. The number of benzene rings is 2. The number of thiazole rings is 1. The molecule has 0 bridgehead atoms. The summed E-state index contributed by atoms with van der Waals surface area (Å²) in [6, 6.07) is 12.7. The van der Waals surface area contributed by atoms with E-state index in [1.165, 1.54) is 29.4 Å². The lowest BCUT2D eigenvalue weighted by Gasteiger charge is -2.13. The van der Waals surface area contributed by atoms with Gasteiger partial charge in [-0.1, -0.05) is 12.1 Å². The maximum absolute atomic E-state index is 12.3. The molecule has 0 saturated heterocycles. The zero-order valence-electron chi connectivity index (χ0n) is 15.2. The minimum absolute atomic E-state index is 0.154. The summed E-state index contributed by atoms with van der Waals surface area (Å²) in [5.74, 6) is -0.00720. The predicted octanol–water partition coefficient (Wildman–Crippen LogP) is 3.66. The van der Waals surface area contributed by atoms with Crippen LogP contribution in [0.3, 0.4) is 0 Å². The topological polar surface area (TPSA) is 71.5 Å². The summed E-state index contributed by atoms with van der Waals surface area (Å²) in [6.45, 7) is 0. The molecule has 1 N–H and O–H groups in total. The van der Waals surface area contributed by atoms with E-state index in [0.29, 0.717) is 17.0 Å². The fourth-order valence-corrected chi connectivity index (χ4v) is 3.35. The molecule has 0 fully saturated rings. The van der Waals surface area contributed by atoms with E-state index in [4.69, 9.17) is 4.74 Å². The van der Waals surface area contributed by atoms with Crippen LogP contribution in [0.5, 0.6) is 5.75 Å². The first kappa shape index (κ1) is 18.6. The largest absolute Gasteiger partial charge is 0.495 e. The van der Waals surface area contributed by atoms with Gasteiger partial charge in [-0.15, -0.1) is 11.3 Å². The smallest absolute Gasteiger partial charge is 0.253 e. The summed E-state index contributed by atoms with van der Waals surface area (Å²) in [6.07, 6.45) is 3.08. The molecule has 1 heterocycles. The molecule has 0 unspecified atom stereocenters. The number of carbonyl (C=O) groups excluding carboxylic acids is 2. The average Bonchev–Trinajstić information content (AvgIpc) is 3.08. The highest BCUT2D eigenvalue weighted by Crippen LogP contribution is 2.26. The number of carbonyl (C=O) groups is 2. The van der Waals surface area contributed by atoms with Crippen molar-refractivity contribution >= 4 is 45.1 Å². The molecule has 27 heavy (non-hydrogen) atoms. The lowest BCUT2D eigenvalue weighted by atomic mass is 10.1. The molecule has 1 aromatic heterocycles. The fourth-order valence-electron chi connectivity index (χ4n) is 2.48. The van der Waals surface area contributed by atoms with Crippen molar-refractivity contribution < 1.29 is 14.3 Å². The van der Waals surface area contributed by atoms with Crippen LogP contribution in [0, 0.1) is 0 Å². The summed E-state index contributed by atoms with van der Waals surface area (Å²) < 4.78 is 6.33. The van der Waals surface area contributed by atoms with Gasteiger partial charge in [0, 0.05) is 25.7 Å². The molecule has 2 amide bonds. The Bertz CT molecular complexity index is 991. The van der Waals surface area contributed by atoms with E-state index in [1.54, 1.807) is 38.4 Å². The van der Waals surface area contributed by atoms with E-state index in [0.717, 1.165) is 15.2 Å². The van der Waals surface area contributed by atoms with Gasteiger partial charge in [0.1, 0.15) is 10.8 Å². The molecule has 0 aliphatic heterocycles. The Labute approximate surface area is 161 Å². The average molecular weight is 381 g/mol. The van der Waals surface area contributed by atoms with Crippen molar-refractivity contribution in [1.29, 1.82) is 0 Å². The van der Waals surface area contributed by atoms with E-state index < -0.39 is 0 Å². The minimum Gasteiger partial charge on any atom is -0.495 e. The van der Waals surface area contributed by atoms with Crippen molar-refractivity contribution in [3.8, 4) is 5.75 Å². The van der Waals surface area contributed by atoms with Gasteiger partial charge in [0.25, 0.3) is 5.91 Å². The van der Waals surface area contributed by atoms with Gasteiger partial charge in [-0.3, -0.25) is 9.59 Å². The Morgan fingerprint density at radius 3 is 2.67 bits per heavy atom. The Balaban J connectivity index is 1.78. The molecule has 2 aromatic carbocycles. The van der Waals surface area contributed by atoms with Crippen LogP contribution in [0.4, 0.5) is 5.69 Å². The number of para-hydroxylation sites is 1. The standard InChI is InChI=1S/C20H19N3O3S/c1-23(2)20(25)13-8-9-16(26-3)15(12-13)21-18(24)10-11-19-22-14-6-4-5-7-17(14)27-19/h4-12H,1-3H3,(H,21,24)/b11-10+. The second-order valence-electron chi connectivity index (χ2n) is 5.96. The lowest BCUT2D eigenvalue weighted by molar-refractivity contribution is -0.111. The number of aromatic nitrogens is 1. The van der Waals surface area contributed by atoms with Crippen LogP contribution >= 0.6 is 11.3 Å². The number of methoxy groups -OCH3 is 1. The maximum Gasteiger partial charge on any atom is 0.253 e. The van der Waals surface area contributed by atoms with E-state index in [9.17, 15) is 9.59 Å². The molecular weight excluding hydrogens is 362 g/mol. The molecule has 7 heteroatoms. The molecule has 0 atom stereocenters. The van der Waals surface area contributed by atoms with Gasteiger partial charge in [-0.25, -0.2) is 4.98 Å². The summed E-state index contributed by atoms with van der Waals surface area (Å²) in [4.78, 5) is 30.4. The highest BCUT2D eigenvalue weighted by Gasteiger charge is 2.13. The number of anilines is 1. The van der Waals surface area contributed by atoms with Gasteiger partial charge < -0.3 is 15.0 Å². The predicted molar refractivity (Wildman–Crippen MR) is 108 cm³/mol. The number of amides is 2. The van der Waals surface area contributed by atoms with Crippen LogP contribution < -0.4 is 10.1 Å². The Morgan fingerprint density at radius 2 is 1.96 bits per heavy atom. The second-order valence-corrected chi connectivity index (χ2v) is 7.02. The number of ether oxygens (including phenoxy) is 1. The number of rotatable bonds is 5. The van der Waals surface area contributed by atoms with Crippen molar-refractivity contribution in [1.82, 2.24) is 9.88 Å². The summed E-state index contributed by atoms with van der Waals surface area (Å²) in [5, 5.41) is 3.50. The van der Waals surface area contributed by atoms with Gasteiger partial charge in [-0.05, 0) is 36.4 Å². The summed E-state index contributed by atoms with van der Waals surface area (Å²) in [5.41, 5.74) is 1.80. The van der Waals surface area contributed by atoms with E-state index >= 15 is 0 Å². The highest BCUT2D eigenvalue weighted by atomic mass is 32.1. The molecule has 0 radical (unpaired) electrons. The third kappa shape index (κ3) is 4.32. The first-order valence-corrected chi connectivity index (χ1v) is 9.04. The first-order chi connectivity index (χ1) is 13.0. The summed E-state index contributed by atoms with van der Waals surface area (Å²) >= 11 is 1.51. The third-order valence-electron chi connectivity index (χ3n) is 3.80. The van der Waals surface area contributed by atoms with Crippen LogP contribution in [0.2, 0.25) is 0 Å². The highest BCUT2D eigenvalue weighted by molar-refractivity contribution is 7.19. The van der Waals surface area contributed by atoms with E-state index in [-0.39, 0.29) is 11.8 Å². The maximum atomic E-state index is 12.3. The Kier molecular flexibility index (Phi) is 5.52. The van der Waals surface area contributed by atoms with Crippen molar-refractivity contribution in [2.45, 2.75) is 0 Å². The number of hydrogen-bond donors (Lipinski definition) is 1. The number of fused-ring (bicyclic) bond motifs is 1. The number of nitrogens with one attached hydrogen (secondary N) is 1. The molecule has 0 aliphatic rings. The number of nitrogens with zero attached hydrogens (tertiary/aromatic N) is 2. The normalized spacial score (nSPS) is 10.9. The second kappa shape index (κ2) is 8.01. The molecular formula is C20H19N3O3S. The quantitative estimate of drug-likeness (QED) is 0.685. The van der Waals surface area contributed by atoms with Gasteiger partial charge in [0.2, 0.25) is 5.91 Å². The fraction of sp³-hybridized carbons (Fsp3) is 0.150. The van der Waals surface area contributed by atoms with Gasteiger partial charge in [0.15, 0.2) is 0 Å². The Hall–Kier alpha value is -3.19. The SMILES string of the molecule is COc1ccc(C(=O)N(C)C)cc1NC(=O)/C=C/c1nc2ccccc2s1. The Morgan fingerprint density at radius 1 is 1.19 bits per heavy atom. The molecule has 0 aliphatic carbocycles. The first-order valence-electron chi connectivity index (χ1n) is 8.22. The van der Waals surface area contributed by atoms with Crippen LogP contribution in [-0.4, -0.2) is 42.9 Å². The van der Waals surface area contributed by atoms with E-state index in [1.807, 2.05) is 24.3 Å². The van der Waals surface area contributed by atoms with E-state index in [2.05, 4.69) is 10.3 Å². The van der Waals surface area contributed by atoms with Crippen molar-refractivity contribution in [2.75, 3.05) is 26.5 Å². The van der Waals surface area contributed by atoms with Crippen LogP contribution in [0.15, 0.2) is 48.5 Å². The molecule has 0 spiro atoms. The van der Waals surface area contributed by atoms with Gasteiger partial charge in [-0.2, -0.15) is 0 Å². The summed E-state index contributed by atoms with van der Waals surface area (Å²) in [7, 11) is 4.85.